The second-order valence-electron chi connectivity index (χ2n) is 4.74. The van der Waals surface area contributed by atoms with Crippen LogP contribution in [0.3, 0.4) is 0 Å². The van der Waals surface area contributed by atoms with Gasteiger partial charge >= 0.3 is 0 Å². The molecule has 0 radical (unpaired) electrons. The lowest BCUT2D eigenvalue weighted by molar-refractivity contribution is -0.129. The molecule has 2 aliphatic heterocycles. The zero-order valence-corrected chi connectivity index (χ0v) is 10.8. The number of hydrogen-bond donors (Lipinski definition) is 0. The highest BCUT2D eigenvalue weighted by Gasteiger charge is 2.14. The van der Waals surface area contributed by atoms with E-state index in [0.717, 1.165) is 24.3 Å². The van der Waals surface area contributed by atoms with Crippen molar-refractivity contribution in [2.24, 2.45) is 0 Å². The third-order valence-electron chi connectivity index (χ3n) is 3.45. The third kappa shape index (κ3) is 2.79. The number of benzene rings is 1. The Morgan fingerprint density at radius 3 is 2.89 bits per heavy atom. The molecule has 19 heavy (non-hydrogen) atoms. The Kier molecular flexibility index (Phi) is 3.51. The standard InChI is InChI=1S/C15H17NO3/c17-15(16-6-9-18-10-7-16)4-2-12-1-3-14-13(11-12)5-8-19-14/h1-4,11H,5-10H2/b4-2+. The molecular formula is C15H17NO3. The molecule has 4 nitrogen and oxygen atoms in total. The summed E-state index contributed by atoms with van der Waals surface area (Å²) >= 11 is 0. The first kappa shape index (κ1) is 12.2. The summed E-state index contributed by atoms with van der Waals surface area (Å²) in [6.07, 6.45) is 4.47. The van der Waals surface area contributed by atoms with Crippen LogP contribution in [-0.2, 0) is 16.0 Å². The summed E-state index contributed by atoms with van der Waals surface area (Å²) in [7, 11) is 0. The van der Waals surface area contributed by atoms with E-state index < -0.39 is 0 Å². The fourth-order valence-electron chi connectivity index (χ4n) is 2.37. The lowest BCUT2D eigenvalue weighted by Crippen LogP contribution is -2.39. The average Bonchev–Trinajstić information content (AvgIpc) is 2.93. The van der Waals surface area contributed by atoms with Gasteiger partial charge in [0.1, 0.15) is 5.75 Å². The Bertz CT molecular complexity index is 504. The van der Waals surface area contributed by atoms with Crippen LogP contribution >= 0.6 is 0 Å². The number of morpholine rings is 1. The monoisotopic (exact) mass is 259 g/mol. The maximum atomic E-state index is 12.0. The topological polar surface area (TPSA) is 38.8 Å². The molecule has 1 aromatic carbocycles. The molecular weight excluding hydrogens is 242 g/mol. The number of amides is 1. The number of rotatable bonds is 2. The summed E-state index contributed by atoms with van der Waals surface area (Å²) < 4.78 is 10.7. The van der Waals surface area contributed by atoms with Gasteiger partial charge in [-0.2, -0.15) is 0 Å². The first-order chi connectivity index (χ1) is 9.33. The number of fused-ring (bicyclic) bond motifs is 1. The summed E-state index contributed by atoms with van der Waals surface area (Å²) in [5, 5.41) is 0. The molecule has 0 spiro atoms. The van der Waals surface area contributed by atoms with Crippen molar-refractivity contribution < 1.29 is 14.3 Å². The molecule has 0 aromatic heterocycles. The van der Waals surface area contributed by atoms with Crippen LogP contribution in [0.4, 0.5) is 0 Å². The Labute approximate surface area is 112 Å². The molecule has 1 aromatic rings. The normalized spacial score (nSPS) is 18.4. The van der Waals surface area contributed by atoms with E-state index in [-0.39, 0.29) is 5.91 Å². The second-order valence-corrected chi connectivity index (χ2v) is 4.74. The van der Waals surface area contributed by atoms with E-state index in [1.807, 2.05) is 23.1 Å². The molecule has 0 aliphatic carbocycles. The predicted molar refractivity (Wildman–Crippen MR) is 72.1 cm³/mol. The van der Waals surface area contributed by atoms with Crippen LogP contribution in [0.25, 0.3) is 6.08 Å². The van der Waals surface area contributed by atoms with Gasteiger partial charge in [-0.25, -0.2) is 0 Å². The zero-order valence-electron chi connectivity index (χ0n) is 10.8. The summed E-state index contributed by atoms with van der Waals surface area (Å²) in [6.45, 7) is 3.39. The molecule has 3 rings (SSSR count). The molecule has 2 aliphatic rings. The minimum absolute atomic E-state index is 0.0556. The number of carbonyl (C=O) groups excluding carboxylic acids is 1. The van der Waals surface area contributed by atoms with Gasteiger partial charge in [0.05, 0.1) is 19.8 Å². The fraction of sp³-hybridized carbons (Fsp3) is 0.400. The Morgan fingerprint density at radius 1 is 1.21 bits per heavy atom. The first-order valence-electron chi connectivity index (χ1n) is 6.63. The summed E-state index contributed by atoms with van der Waals surface area (Å²) in [6, 6.07) is 6.04. The van der Waals surface area contributed by atoms with Gasteiger partial charge in [0, 0.05) is 25.6 Å². The Morgan fingerprint density at radius 2 is 2.05 bits per heavy atom. The first-order valence-corrected chi connectivity index (χ1v) is 6.63. The molecule has 1 saturated heterocycles. The molecule has 4 heteroatoms. The molecule has 0 N–H and O–H groups in total. The van der Waals surface area contributed by atoms with Crippen molar-refractivity contribution in [2.75, 3.05) is 32.9 Å². The number of hydrogen-bond acceptors (Lipinski definition) is 3. The van der Waals surface area contributed by atoms with Crippen molar-refractivity contribution in [3.05, 3.63) is 35.4 Å². The van der Waals surface area contributed by atoms with Gasteiger partial charge < -0.3 is 14.4 Å². The fourth-order valence-corrected chi connectivity index (χ4v) is 2.37. The van der Waals surface area contributed by atoms with Crippen LogP contribution in [0.1, 0.15) is 11.1 Å². The van der Waals surface area contributed by atoms with Gasteiger partial charge in [-0.3, -0.25) is 4.79 Å². The summed E-state index contributed by atoms with van der Waals surface area (Å²) in [4.78, 5) is 13.8. The van der Waals surface area contributed by atoms with Crippen molar-refractivity contribution in [1.82, 2.24) is 4.90 Å². The highest BCUT2D eigenvalue weighted by Crippen LogP contribution is 2.26. The molecule has 1 amide bonds. The van der Waals surface area contributed by atoms with E-state index in [1.165, 1.54) is 5.56 Å². The minimum Gasteiger partial charge on any atom is -0.493 e. The maximum Gasteiger partial charge on any atom is 0.246 e. The van der Waals surface area contributed by atoms with Crippen molar-refractivity contribution in [3.63, 3.8) is 0 Å². The van der Waals surface area contributed by atoms with Crippen LogP contribution in [0.15, 0.2) is 24.3 Å². The maximum absolute atomic E-state index is 12.0. The van der Waals surface area contributed by atoms with E-state index in [0.29, 0.717) is 26.3 Å². The van der Waals surface area contributed by atoms with Crippen LogP contribution in [0, 0.1) is 0 Å². The van der Waals surface area contributed by atoms with Crippen LogP contribution in [-0.4, -0.2) is 43.7 Å². The van der Waals surface area contributed by atoms with Crippen molar-refractivity contribution in [1.29, 1.82) is 0 Å². The number of carbonyl (C=O) groups is 1. The van der Waals surface area contributed by atoms with Crippen molar-refractivity contribution >= 4 is 12.0 Å². The van der Waals surface area contributed by atoms with E-state index in [9.17, 15) is 4.79 Å². The van der Waals surface area contributed by atoms with Gasteiger partial charge in [-0.1, -0.05) is 6.07 Å². The van der Waals surface area contributed by atoms with Crippen molar-refractivity contribution in [3.8, 4) is 5.75 Å². The summed E-state index contributed by atoms with van der Waals surface area (Å²) in [5.41, 5.74) is 2.27. The van der Waals surface area contributed by atoms with Gasteiger partial charge in [-0.15, -0.1) is 0 Å². The molecule has 1 fully saturated rings. The van der Waals surface area contributed by atoms with E-state index in [1.54, 1.807) is 6.08 Å². The SMILES string of the molecule is O=C(/C=C/c1ccc2c(c1)CCO2)N1CCOCC1. The van der Waals surface area contributed by atoms with Crippen LogP contribution < -0.4 is 4.74 Å². The highest BCUT2D eigenvalue weighted by molar-refractivity contribution is 5.91. The quantitative estimate of drug-likeness (QED) is 0.755. The number of ether oxygens (including phenoxy) is 2. The zero-order chi connectivity index (χ0) is 13.1. The largest absolute Gasteiger partial charge is 0.493 e. The molecule has 0 bridgehead atoms. The van der Waals surface area contributed by atoms with Gasteiger partial charge in [-0.05, 0) is 29.3 Å². The minimum atomic E-state index is 0.0556. The van der Waals surface area contributed by atoms with Gasteiger partial charge in [0.15, 0.2) is 0 Å². The van der Waals surface area contributed by atoms with E-state index in [4.69, 9.17) is 9.47 Å². The molecule has 100 valence electrons. The predicted octanol–water partition coefficient (Wildman–Crippen LogP) is 1.49. The van der Waals surface area contributed by atoms with Crippen LogP contribution in [0.2, 0.25) is 0 Å². The Balaban J connectivity index is 1.66. The van der Waals surface area contributed by atoms with Gasteiger partial charge in [0.2, 0.25) is 5.91 Å². The van der Waals surface area contributed by atoms with Gasteiger partial charge in [0.25, 0.3) is 0 Å². The smallest absolute Gasteiger partial charge is 0.246 e. The average molecular weight is 259 g/mol. The lowest BCUT2D eigenvalue weighted by Gasteiger charge is -2.25. The molecule has 0 unspecified atom stereocenters. The third-order valence-corrected chi connectivity index (χ3v) is 3.45. The highest BCUT2D eigenvalue weighted by atomic mass is 16.5. The van der Waals surface area contributed by atoms with Crippen molar-refractivity contribution in [2.45, 2.75) is 6.42 Å². The lowest BCUT2D eigenvalue weighted by atomic mass is 10.1. The molecule has 0 atom stereocenters. The summed E-state index contributed by atoms with van der Waals surface area (Å²) in [5.74, 6) is 1.02. The second kappa shape index (κ2) is 5.45. The van der Waals surface area contributed by atoms with Crippen LogP contribution in [0.5, 0.6) is 5.75 Å². The molecule has 2 heterocycles. The van der Waals surface area contributed by atoms with E-state index >= 15 is 0 Å². The Hall–Kier alpha value is -1.81. The van der Waals surface area contributed by atoms with E-state index in [2.05, 4.69) is 6.07 Å². The molecule has 0 saturated carbocycles. The number of nitrogens with zero attached hydrogens (tertiary/aromatic N) is 1.